The van der Waals surface area contributed by atoms with Gasteiger partial charge in [0.1, 0.15) is 0 Å². The molecule has 2 aromatic rings. The molecule has 0 aliphatic heterocycles. The highest BCUT2D eigenvalue weighted by atomic mass is 35.5. The van der Waals surface area contributed by atoms with Crippen LogP contribution >= 0.6 is 11.6 Å². The van der Waals surface area contributed by atoms with Crippen LogP contribution in [0.4, 0.5) is 0 Å². The first-order valence-electron chi connectivity index (χ1n) is 9.27. The Morgan fingerprint density at radius 2 is 1.32 bits per heavy atom. The van der Waals surface area contributed by atoms with E-state index in [2.05, 4.69) is 30.9 Å². The summed E-state index contributed by atoms with van der Waals surface area (Å²) >= 11 is 5.95. The number of benzene rings is 2. The van der Waals surface area contributed by atoms with Gasteiger partial charge in [0.2, 0.25) is 0 Å². The van der Waals surface area contributed by atoms with Gasteiger partial charge in [-0.25, -0.2) is 0 Å². The van der Waals surface area contributed by atoms with E-state index in [-0.39, 0.29) is 0 Å². The molecule has 0 heterocycles. The van der Waals surface area contributed by atoms with Crippen molar-refractivity contribution in [2.45, 2.75) is 45.6 Å². The van der Waals surface area contributed by atoms with Gasteiger partial charge >= 0.3 is 0 Å². The molecule has 0 bridgehead atoms. The van der Waals surface area contributed by atoms with Gasteiger partial charge in [-0.05, 0) is 68.1 Å². The molecule has 2 rings (SSSR count). The molecule has 1 N–H and O–H groups in total. The van der Waals surface area contributed by atoms with Gasteiger partial charge in [0.05, 0.1) is 5.60 Å². The molecule has 1 atom stereocenters. The zero-order valence-corrected chi connectivity index (χ0v) is 16.4. The van der Waals surface area contributed by atoms with Crippen molar-refractivity contribution >= 4 is 11.6 Å². The third-order valence-corrected chi connectivity index (χ3v) is 4.93. The van der Waals surface area contributed by atoms with E-state index >= 15 is 0 Å². The van der Waals surface area contributed by atoms with Crippen LogP contribution in [0.25, 0.3) is 11.1 Å². The minimum atomic E-state index is -0.807. The molecule has 25 heavy (non-hydrogen) atoms. The summed E-state index contributed by atoms with van der Waals surface area (Å²) in [6, 6.07) is 16.0. The Morgan fingerprint density at radius 1 is 0.840 bits per heavy atom. The first-order valence-corrected chi connectivity index (χ1v) is 9.65. The van der Waals surface area contributed by atoms with Crippen LogP contribution in [-0.2, 0) is 5.60 Å². The second-order valence-corrected chi connectivity index (χ2v) is 7.39. The molecule has 0 spiro atoms. The second-order valence-electron chi connectivity index (χ2n) is 6.95. The standard InChI is InChI=1S/C22H30ClNO/c1-4-15-24(16-5-2)17-14-22(3,25)20-10-6-18(7-11-20)19-8-12-21(23)13-9-19/h6-13,25H,4-5,14-17H2,1-3H3. The highest BCUT2D eigenvalue weighted by Crippen LogP contribution is 2.28. The van der Waals surface area contributed by atoms with E-state index in [1.54, 1.807) is 0 Å². The lowest BCUT2D eigenvalue weighted by atomic mass is 9.90. The van der Waals surface area contributed by atoms with E-state index in [1.165, 1.54) is 0 Å². The van der Waals surface area contributed by atoms with Crippen molar-refractivity contribution in [3.8, 4) is 11.1 Å². The van der Waals surface area contributed by atoms with E-state index in [4.69, 9.17) is 11.6 Å². The summed E-state index contributed by atoms with van der Waals surface area (Å²) in [7, 11) is 0. The molecule has 1 unspecified atom stereocenters. The highest BCUT2D eigenvalue weighted by molar-refractivity contribution is 6.30. The van der Waals surface area contributed by atoms with E-state index in [9.17, 15) is 5.11 Å². The summed E-state index contributed by atoms with van der Waals surface area (Å²) in [6.45, 7) is 9.44. The maximum absolute atomic E-state index is 10.9. The molecule has 0 aliphatic rings. The van der Waals surface area contributed by atoms with Crippen molar-refractivity contribution in [2.75, 3.05) is 19.6 Å². The van der Waals surface area contributed by atoms with Gasteiger partial charge in [0, 0.05) is 11.6 Å². The number of rotatable bonds is 9. The smallest absolute Gasteiger partial charge is 0.0880 e. The Balaban J connectivity index is 2.04. The normalized spacial score (nSPS) is 13.8. The van der Waals surface area contributed by atoms with Crippen LogP contribution in [0.1, 0.15) is 45.6 Å². The van der Waals surface area contributed by atoms with E-state index in [0.717, 1.165) is 60.6 Å². The molecule has 2 nitrogen and oxygen atoms in total. The quantitative estimate of drug-likeness (QED) is 0.618. The summed E-state index contributed by atoms with van der Waals surface area (Å²) in [4.78, 5) is 2.44. The largest absolute Gasteiger partial charge is 0.385 e. The highest BCUT2D eigenvalue weighted by Gasteiger charge is 2.23. The maximum Gasteiger partial charge on any atom is 0.0880 e. The van der Waals surface area contributed by atoms with Gasteiger partial charge in [-0.1, -0.05) is 61.8 Å². The SMILES string of the molecule is CCCN(CCC)CCC(C)(O)c1ccc(-c2ccc(Cl)cc2)cc1. The summed E-state index contributed by atoms with van der Waals surface area (Å²) in [5.41, 5.74) is 2.43. The van der Waals surface area contributed by atoms with Crippen molar-refractivity contribution in [3.05, 3.63) is 59.1 Å². The Bertz CT molecular complexity index is 628. The van der Waals surface area contributed by atoms with Crippen molar-refractivity contribution in [2.24, 2.45) is 0 Å². The third kappa shape index (κ3) is 5.85. The predicted octanol–water partition coefficient (Wildman–Crippen LogP) is 5.73. The van der Waals surface area contributed by atoms with Gasteiger partial charge in [-0.15, -0.1) is 0 Å². The van der Waals surface area contributed by atoms with Gasteiger partial charge in [-0.2, -0.15) is 0 Å². The Morgan fingerprint density at radius 3 is 1.80 bits per heavy atom. The fourth-order valence-corrected chi connectivity index (χ4v) is 3.28. The molecule has 2 aromatic carbocycles. The van der Waals surface area contributed by atoms with Gasteiger partial charge in [-0.3, -0.25) is 0 Å². The number of halogens is 1. The third-order valence-electron chi connectivity index (χ3n) is 4.68. The van der Waals surface area contributed by atoms with E-state index < -0.39 is 5.60 Å². The fourth-order valence-electron chi connectivity index (χ4n) is 3.15. The summed E-state index contributed by atoms with van der Waals surface area (Å²) in [6.07, 6.45) is 3.04. The maximum atomic E-state index is 10.9. The molecular weight excluding hydrogens is 330 g/mol. The molecule has 3 heteroatoms. The van der Waals surface area contributed by atoms with Gasteiger partial charge in [0.15, 0.2) is 0 Å². The van der Waals surface area contributed by atoms with Crippen molar-refractivity contribution in [3.63, 3.8) is 0 Å². The number of hydrogen-bond donors (Lipinski definition) is 1. The van der Waals surface area contributed by atoms with Gasteiger partial charge in [0.25, 0.3) is 0 Å². The van der Waals surface area contributed by atoms with Crippen LogP contribution in [-0.4, -0.2) is 29.6 Å². The molecule has 0 fully saturated rings. The van der Waals surface area contributed by atoms with Crippen LogP contribution in [0, 0.1) is 0 Å². The van der Waals surface area contributed by atoms with Crippen LogP contribution in [0.15, 0.2) is 48.5 Å². The average Bonchev–Trinajstić information content (AvgIpc) is 2.61. The number of nitrogens with zero attached hydrogens (tertiary/aromatic N) is 1. The lowest BCUT2D eigenvalue weighted by Crippen LogP contribution is -2.32. The summed E-state index contributed by atoms with van der Waals surface area (Å²) in [5, 5.41) is 11.7. The molecule has 136 valence electrons. The summed E-state index contributed by atoms with van der Waals surface area (Å²) in [5.74, 6) is 0. The minimum absolute atomic E-state index is 0.743. The van der Waals surface area contributed by atoms with Crippen LogP contribution in [0.5, 0.6) is 0 Å². The average molecular weight is 360 g/mol. The van der Waals surface area contributed by atoms with Crippen molar-refractivity contribution in [1.29, 1.82) is 0 Å². The topological polar surface area (TPSA) is 23.5 Å². The van der Waals surface area contributed by atoms with Gasteiger partial charge < -0.3 is 10.0 Å². The molecule has 0 saturated heterocycles. The molecule has 0 aliphatic carbocycles. The monoisotopic (exact) mass is 359 g/mol. The van der Waals surface area contributed by atoms with E-state index in [1.807, 2.05) is 43.3 Å². The van der Waals surface area contributed by atoms with E-state index in [0.29, 0.717) is 0 Å². The first-order chi connectivity index (χ1) is 12.0. The summed E-state index contributed by atoms with van der Waals surface area (Å²) < 4.78 is 0. The van der Waals surface area contributed by atoms with Crippen molar-refractivity contribution in [1.82, 2.24) is 4.90 Å². The van der Waals surface area contributed by atoms with Crippen LogP contribution in [0.3, 0.4) is 0 Å². The predicted molar refractivity (Wildman–Crippen MR) is 108 cm³/mol. The zero-order valence-electron chi connectivity index (χ0n) is 15.6. The van der Waals surface area contributed by atoms with Crippen LogP contribution < -0.4 is 0 Å². The fraction of sp³-hybridized carbons (Fsp3) is 0.455. The zero-order chi connectivity index (χ0) is 18.3. The number of hydrogen-bond acceptors (Lipinski definition) is 2. The molecule has 0 aromatic heterocycles. The lowest BCUT2D eigenvalue weighted by molar-refractivity contribution is 0.0358. The molecular formula is C22H30ClNO. The molecule has 0 radical (unpaired) electrons. The number of aliphatic hydroxyl groups is 1. The Labute approximate surface area is 157 Å². The first kappa shape index (κ1) is 20.0. The lowest BCUT2D eigenvalue weighted by Gasteiger charge is -2.28. The van der Waals surface area contributed by atoms with Crippen molar-refractivity contribution < 1.29 is 5.11 Å². The van der Waals surface area contributed by atoms with Crippen LogP contribution in [0.2, 0.25) is 5.02 Å². The Hall–Kier alpha value is -1.35. The molecule has 0 amide bonds. The Kier molecular flexibility index (Phi) is 7.49. The molecule has 0 saturated carbocycles. The minimum Gasteiger partial charge on any atom is -0.385 e. The second kappa shape index (κ2) is 9.38.